The standard InChI is InChI=1S/C40H43F3N4O7SSi/c1-39(2,3)56(30-18-10-6-11-19-30,31-20-12-7-13-21-31)53-25-33-32(52-27-55-4)23-35(54-33)47-24-28(15-14-22-44-37(49)40(41,42)43)36(46-38(47)50)45-34(48)26-51-29-16-8-5-9-17-29/h5-21,24,35H,22-23,25-27H2,1-4H3,(H,44,49)(H,45,46,48,50)/b15-14+/t35-/m1/s1. The maximum absolute atomic E-state index is 13.6. The first-order valence-electron chi connectivity index (χ1n) is 17.6. The Morgan fingerprint density at radius 1 is 0.964 bits per heavy atom. The number of hydrogen-bond donors (Lipinski definition) is 2. The number of aromatic nitrogens is 2. The van der Waals surface area contributed by atoms with Crippen molar-refractivity contribution in [1.29, 1.82) is 0 Å². The molecule has 2 N–H and O–H groups in total. The number of nitrogens with one attached hydrogen (secondary N) is 2. The highest BCUT2D eigenvalue weighted by molar-refractivity contribution is 7.98. The predicted octanol–water partition coefficient (Wildman–Crippen LogP) is 6.00. The van der Waals surface area contributed by atoms with Crippen LogP contribution < -0.4 is 31.4 Å². The molecule has 0 fully saturated rings. The van der Waals surface area contributed by atoms with Crippen LogP contribution in [0.15, 0.2) is 120 Å². The number of anilines is 1. The van der Waals surface area contributed by atoms with Gasteiger partial charge in [0.05, 0.1) is 13.0 Å². The van der Waals surface area contributed by atoms with Gasteiger partial charge in [-0.1, -0.05) is 112 Å². The molecule has 1 aliphatic heterocycles. The van der Waals surface area contributed by atoms with Gasteiger partial charge in [-0.2, -0.15) is 18.2 Å². The number of benzene rings is 3. The van der Waals surface area contributed by atoms with Crippen molar-refractivity contribution in [2.45, 2.75) is 44.6 Å². The van der Waals surface area contributed by atoms with Crippen LogP contribution in [0.3, 0.4) is 0 Å². The highest BCUT2D eigenvalue weighted by Gasteiger charge is 2.50. The summed E-state index contributed by atoms with van der Waals surface area (Å²) >= 11 is 1.45. The Morgan fingerprint density at radius 2 is 1.57 bits per heavy atom. The van der Waals surface area contributed by atoms with E-state index in [9.17, 15) is 27.6 Å². The third-order valence-corrected chi connectivity index (χ3v) is 14.1. The van der Waals surface area contributed by atoms with Gasteiger partial charge in [-0.15, -0.1) is 11.8 Å². The average Bonchev–Trinajstić information content (AvgIpc) is 3.58. The van der Waals surface area contributed by atoms with Gasteiger partial charge in [-0.3, -0.25) is 14.2 Å². The molecular formula is C40H43F3N4O7SSi. The summed E-state index contributed by atoms with van der Waals surface area (Å²) in [6.07, 6.45) is -0.0794. The van der Waals surface area contributed by atoms with Crippen molar-refractivity contribution in [2.24, 2.45) is 0 Å². The number of ether oxygens (including phenoxy) is 3. The number of thioether (sulfide) groups is 1. The summed E-state index contributed by atoms with van der Waals surface area (Å²) in [6, 6.07) is 28.8. The normalized spacial score (nSPS) is 14.7. The van der Waals surface area contributed by atoms with Crippen LogP contribution in [0, 0.1) is 0 Å². The molecule has 2 heterocycles. The van der Waals surface area contributed by atoms with Gasteiger partial charge in [0.2, 0.25) is 0 Å². The Labute approximate surface area is 328 Å². The molecule has 16 heteroatoms. The molecule has 56 heavy (non-hydrogen) atoms. The van der Waals surface area contributed by atoms with Crippen LogP contribution in [0.1, 0.15) is 39.0 Å². The largest absolute Gasteiger partial charge is 0.484 e. The van der Waals surface area contributed by atoms with Gasteiger partial charge in [-0.05, 0) is 33.8 Å². The molecule has 296 valence electrons. The first-order chi connectivity index (χ1) is 26.7. The smallest absolute Gasteiger partial charge is 0.471 e. The fourth-order valence-electron chi connectivity index (χ4n) is 6.20. The molecule has 1 atom stereocenters. The van der Waals surface area contributed by atoms with Gasteiger partial charge in [0.1, 0.15) is 23.3 Å². The highest BCUT2D eigenvalue weighted by Crippen LogP contribution is 2.39. The van der Waals surface area contributed by atoms with Gasteiger partial charge in [0, 0.05) is 18.3 Å². The number of para-hydroxylation sites is 1. The summed E-state index contributed by atoms with van der Waals surface area (Å²) in [7, 11) is -3.01. The second-order valence-corrected chi connectivity index (χ2v) is 18.7. The minimum absolute atomic E-state index is 0.0247. The monoisotopic (exact) mass is 808 g/mol. The van der Waals surface area contributed by atoms with Crippen LogP contribution in [-0.4, -0.2) is 67.8 Å². The number of nitrogens with zero attached hydrogens (tertiary/aromatic N) is 2. The van der Waals surface area contributed by atoms with Crippen LogP contribution in [0.2, 0.25) is 5.04 Å². The van der Waals surface area contributed by atoms with Crippen molar-refractivity contribution in [1.82, 2.24) is 14.9 Å². The van der Waals surface area contributed by atoms with Gasteiger partial charge in [0.15, 0.2) is 18.6 Å². The molecule has 1 aromatic heterocycles. The van der Waals surface area contributed by atoms with Crippen LogP contribution in [0.4, 0.5) is 19.0 Å². The Morgan fingerprint density at radius 3 is 2.14 bits per heavy atom. The van der Waals surface area contributed by atoms with E-state index in [1.165, 1.54) is 34.7 Å². The van der Waals surface area contributed by atoms with Gasteiger partial charge >= 0.3 is 17.8 Å². The van der Waals surface area contributed by atoms with Crippen molar-refractivity contribution in [3.05, 3.63) is 131 Å². The van der Waals surface area contributed by atoms with E-state index in [1.807, 2.05) is 42.7 Å². The Bertz CT molecular complexity index is 2040. The van der Waals surface area contributed by atoms with Crippen LogP contribution in [-0.2, 0) is 23.5 Å². The molecule has 0 spiro atoms. The molecule has 0 saturated carbocycles. The van der Waals surface area contributed by atoms with Crippen molar-refractivity contribution in [2.75, 3.05) is 37.3 Å². The summed E-state index contributed by atoms with van der Waals surface area (Å²) in [5.41, 5.74) is -0.638. The lowest BCUT2D eigenvalue weighted by Gasteiger charge is -2.43. The molecule has 2 amide bonds. The van der Waals surface area contributed by atoms with Crippen molar-refractivity contribution in [3.8, 4) is 5.75 Å². The van der Waals surface area contributed by atoms with E-state index in [1.54, 1.807) is 35.6 Å². The molecule has 0 saturated heterocycles. The molecule has 11 nitrogen and oxygen atoms in total. The lowest BCUT2D eigenvalue weighted by molar-refractivity contribution is -0.173. The average molecular weight is 809 g/mol. The van der Waals surface area contributed by atoms with E-state index in [0.717, 1.165) is 10.4 Å². The molecule has 0 bridgehead atoms. The van der Waals surface area contributed by atoms with Crippen LogP contribution >= 0.6 is 11.8 Å². The third kappa shape index (κ3) is 10.3. The van der Waals surface area contributed by atoms with E-state index in [2.05, 4.69) is 55.3 Å². The quantitative estimate of drug-likeness (QED) is 0.104. The van der Waals surface area contributed by atoms with E-state index >= 15 is 0 Å². The molecule has 1 aliphatic rings. The number of amides is 2. The van der Waals surface area contributed by atoms with E-state index in [4.69, 9.17) is 18.6 Å². The van der Waals surface area contributed by atoms with Crippen molar-refractivity contribution >= 4 is 54.2 Å². The molecule has 4 aromatic rings. The second-order valence-electron chi connectivity index (χ2n) is 13.6. The van der Waals surface area contributed by atoms with E-state index in [0.29, 0.717) is 23.2 Å². The summed E-state index contributed by atoms with van der Waals surface area (Å²) in [6.45, 7) is 5.57. The third-order valence-electron chi connectivity index (χ3n) is 8.73. The fraction of sp³-hybridized carbons (Fsp3) is 0.300. The molecule has 0 aliphatic carbocycles. The van der Waals surface area contributed by atoms with Crippen molar-refractivity contribution in [3.63, 3.8) is 0 Å². The first kappa shape index (κ1) is 41.8. The zero-order chi connectivity index (χ0) is 40.3. The summed E-state index contributed by atoms with van der Waals surface area (Å²) in [4.78, 5) is 42.0. The number of carbonyl (C=O) groups excluding carboxylic acids is 2. The van der Waals surface area contributed by atoms with Crippen LogP contribution in [0.5, 0.6) is 5.75 Å². The maximum atomic E-state index is 13.6. The first-order valence-corrected chi connectivity index (χ1v) is 20.9. The van der Waals surface area contributed by atoms with Crippen LogP contribution in [0.25, 0.3) is 6.08 Å². The topological polar surface area (TPSA) is 130 Å². The number of alkyl halides is 3. The number of halogens is 3. The summed E-state index contributed by atoms with van der Waals surface area (Å²) < 4.78 is 64.7. The molecule has 0 unspecified atom stereocenters. The SMILES string of the molecule is CSCOC1=C(CO[Si](c2ccccc2)(c2ccccc2)C(C)(C)C)O[C@@H](n2cc(/C=C/CNC(=O)C(F)(F)F)c(NC(=O)COc3ccccc3)nc2=O)C1. The van der Waals surface area contributed by atoms with Gasteiger partial charge in [0.25, 0.3) is 14.2 Å². The van der Waals surface area contributed by atoms with Gasteiger partial charge < -0.3 is 29.3 Å². The predicted molar refractivity (Wildman–Crippen MR) is 212 cm³/mol. The zero-order valence-electron chi connectivity index (χ0n) is 31.3. The Hall–Kier alpha value is -5.32. The van der Waals surface area contributed by atoms with E-state index < -0.39 is 51.4 Å². The lowest BCUT2D eigenvalue weighted by Crippen LogP contribution is -2.66. The maximum Gasteiger partial charge on any atom is 0.471 e. The fourth-order valence-corrected chi connectivity index (χ4v) is 11.0. The molecule has 0 radical (unpaired) electrons. The Balaban J connectivity index is 1.44. The number of carbonyl (C=O) groups is 2. The lowest BCUT2D eigenvalue weighted by atomic mass is 10.2. The van der Waals surface area contributed by atoms with Gasteiger partial charge in [-0.25, -0.2) is 4.79 Å². The van der Waals surface area contributed by atoms with E-state index in [-0.39, 0.29) is 29.4 Å². The highest BCUT2D eigenvalue weighted by atomic mass is 32.2. The number of hydrogen-bond acceptors (Lipinski definition) is 9. The minimum Gasteiger partial charge on any atom is -0.484 e. The summed E-state index contributed by atoms with van der Waals surface area (Å²) in [5, 5.41) is 6.10. The zero-order valence-corrected chi connectivity index (χ0v) is 33.1. The number of rotatable bonds is 16. The summed E-state index contributed by atoms with van der Waals surface area (Å²) in [5.74, 6) is -1.32. The molecule has 5 rings (SSSR count). The second kappa shape index (κ2) is 18.5. The minimum atomic E-state index is -5.07. The Kier molecular flexibility index (Phi) is 13.9. The molecular weight excluding hydrogens is 766 g/mol. The molecule has 3 aromatic carbocycles. The van der Waals surface area contributed by atoms with Crippen molar-refractivity contribution < 1.29 is 41.4 Å².